The summed E-state index contributed by atoms with van der Waals surface area (Å²) in [5, 5.41) is 19.3. The first-order chi connectivity index (χ1) is 9.15. The number of nitro groups is 1. The second kappa shape index (κ2) is 4.37. The molecular weight excluding hydrogens is 266 g/mol. The van der Waals surface area contributed by atoms with Crippen molar-refractivity contribution in [3.8, 4) is 11.3 Å². The van der Waals surface area contributed by atoms with Crippen LogP contribution >= 0.6 is 11.6 Å². The third-order valence-corrected chi connectivity index (χ3v) is 3.11. The minimum atomic E-state index is -0.424. The molecule has 3 aromatic rings. The van der Waals surface area contributed by atoms with Crippen LogP contribution < -0.4 is 0 Å². The smallest absolute Gasteiger partial charge is 0.269 e. The van der Waals surface area contributed by atoms with Crippen LogP contribution in [-0.4, -0.2) is 15.1 Å². The summed E-state index contributed by atoms with van der Waals surface area (Å²) in [6, 6.07) is 11.7. The summed E-state index contributed by atoms with van der Waals surface area (Å²) in [5.41, 5.74) is 2.47. The van der Waals surface area contributed by atoms with Gasteiger partial charge in [-0.1, -0.05) is 11.6 Å². The minimum Gasteiger partial charge on any atom is -0.277 e. The largest absolute Gasteiger partial charge is 0.277 e. The third-order valence-electron chi connectivity index (χ3n) is 2.88. The van der Waals surface area contributed by atoms with E-state index in [0.717, 1.165) is 22.2 Å². The van der Waals surface area contributed by atoms with Crippen molar-refractivity contribution >= 4 is 28.2 Å². The normalized spacial score (nSPS) is 10.8. The van der Waals surface area contributed by atoms with E-state index in [2.05, 4.69) is 10.2 Å². The molecule has 0 saturated heterocycles. The molecule has 5 nitrogen and oxygen atoms in total. The Balaban J connectivity index is 2.11. The standard InChI is InChI=1S/C13H8ClN3O2/c14-9-3-6-11-12(7-9)15-16-13(11)8-1-4-10(5-2-8)17(18)19/h1-7H,(H,15,16). The number of fused-ring (bicyclic) bond motifs is 1. The van der Waals surface area contributed by atoms with E-state index in [-0.39, 0.29) is 5.69 Å². The predicted octanol–water partition coefficient (Wildman–Crippen LogP) is 3.79. The highest BCUT2D eigenvalue weighted by molar-refractivity contribution is 6.31. The van der Waals surface area contributed by atoms with Gasteiger partial charge in [-0.15, -0.1) is 0 Å². The SMILES string of the molecule is O=[N+]([O-])c1ccc(-c2n[nH]c3cc(Cl)ccc23)cc1. The number of non-ortho nitro benzene ring substituents is 1. The molecule has 0 radical (unpaired) electrons. The average Bonchev–Trinajstić information content (AvgIpc) is 2.81. The molecule has 0 unspecified atom stereocenters. The van der Waals surface area contributed by atoms with E-state index in [4.69, 9.17) is 11.6 Å². The zero-order valence-electron chi connectivity index (χ0n) is 9.63. The van der Waals surface area contributed by atoms with E-state index in [1.54, 1.807) is 24.3 Å². The summed E-state index contributed by atoms with van der Waals surface area (Å²) in [7, 11) is 0. The number of halogens is 1. The van der Waals surface area contributed by atoms with Gasteiger partial charge in [-0.25, -0.2) is 0 Å². The van der Waals surface area contributed by atoms with Crippen molar-refractivity contribution in [2.75, 3.05) is 0 Å². The van der Waals surface area contributed by atoms with Crippen LogP contribution in [0.25, 0.3) is 22.2 Å². The maximum Gasteiger partial charge on any atom is 0.269 e. The van der Waals surface area contributed by atoms with Crippen LogP contribution in [0.4, 0.5) is 5.69 Å². The lowest BCUT2D eigenvalue weighted by atomic mass is 10.1. The number of benzene rings is 2. The number of aromatic amines is 1. The Morgan fingerprint density at radius 3 is 2.58 bits per heavy atom. The molecule has 0 atom stereocenters. The molecular formula is C13H8ClN3O2. The summed E-state index contributed by atoms with van der Waals surface area (Å²) in [4.78, 5) is 10.2. The van der Waals surface area contributed by atoms with Crippen molar-refractivity contribution in [2.24, 2.45) is 0 Å². The lowest BCUT2D eigenvalue weighted by Gasteiger charge is -1.98. The number of hydrogen-bond donors (Lipinski definition) is 1. The second-order valence-corrected chi connectivity index (χ2v) is 4.50. The molecule has 1 N–H and O–H groups in total. The van der Waals surface area contributed by atoms with Crippen molar-refractivity contribution in [1.82, 2.24) is 10.2 Å². The van der Waals surface area contributed by atoms with Gasteiger partial charge in [0.15, 0.2) is 0 Å². The molecule has 0 aliphatic rings. The van der Waals surface area contributed by atoms with Crippen molar-refractivity contribution in [1.29, 1.82) is 0 Å². The van der Waals surface area contributed by atoms with E-state index in [0.29, 0.717) is 5.02 Å². The highest BCUT2D eigenvalue weighted by Crippen LogP contribution is 2.28. The van der Waals surface area contributed by atoms with Gasteiger partial charge < -0.3 is 0 Å². The number of aromatic nitrogens is 2. The Morgan fingerprint density at radius 1 is 1.16 bits per heavy atom. The van der Waals surface area contributed by atoms with Crippen molar-refractivity contribution in [2.45, 2.75) is 0 Å². The second-order valence-electron chi connectivity index (χ2n) is 4.07. The number of hydrogen-bond acceptors (Lipinski definition) is 3. The van der Waals surface area contributed by atoms with Gasteiger partial charge in [-0.2, -0.15) is 5.10 Å². The van der Waals surface area contributed by atoms with E-state index in [9.17, 15) is 10.1 Å². The Labute approximate surface area is 113 Å². The summed E-state index contributed by atoms with van der Waals surface area (Å²) in [6.07, 6.45) is 0. The van der Waals surface area contributed by atoms with Crippen LogP contribution in [0.3, 0.4) is 0 Å². The molecule has 2 aromatic carbocycles. The average molecular weight is 274 g/mol. The lowest BCUT2D eigenvalue weighted by molar-refractivity contribution is -0.384. The Morgan fingerprint density at radius 2 is 1.89 bits per heavy atom. The van der Waals surface area contributed by atoms with E-state index < -0.39 is 4.92 Å². The molecule has 6 heteroatoms. The zero-order valence-corrected chi connectivity index (χ0v) is 10.4. The number of H-pyrrole nitrogens is 1. The van der Waals surface area contributed by atoms with E-state index in [1.807, 2.05) is 6.07 Å². The van der Waals surface area contributed by atoms with Gasteiger partial charge >= 0.3 is 0 Å². The maximum absolute atomic E-state index is 10.6. The molecule has 0 aliphatic carbocycles. The number of rotatable bonds is 2. The summed E-state index contributed by atoms with van der Waals surface area (Å²) < 4.78 is 0. The van der Waals surface area contributed by atoms with Crippen LogP contribution in [0.2, 0.25) is 5.02 Å². The first-order valence-corrected chi connectivity index (χ1v) is 5.91. The molecule has 0 amide bonds. The van der Waals surface area contributed by atoms with E-state index >= 15 is 0 Å². The fraction of sp³-hybridized carbons (Fsp3) is 0. The summed E-state index contributed by atoms with van der Waals surface area (Å²) in [6.45, 7) is 0. The van der Waals surface area contributed by atoms with Gasteiger partial charge in [0, 0.05) is 28.1 Å². The highest BCUT2D eigenvalue weighted by Gasteiger charge is 2.10. The van der Waals surface area contributed by atoms with Crippen LogP contribution in [-0.2, 0) is 0 Å². The topological polar surface area (TPSA) is 71.8 Å². The molecule has 94 valence electrons. The monoisotopic (exact) mass is 273 g/mol. The first-order valence-electron chi connectivity index (χ1n) is 5.53. The van der Waals surface area contributed by atoms with Gasteiger partial charge in [0.05, 0.1) is 16.1 Å². The highest BCUT2D eigenvalue weighted by atomic mass is 35.5. The summed E-state index contributed by atoms with van der Waals surface area (Å²) in [5.74, 6) is 0. The molecule has 0 bridgehead atoms. The minimum absolute atomic E-state index is 0.0617. The summed E-state index contributed by atoms with van der Waals surface area (Å²) >= 11 is 5.91. The predicted molar refractivity (Wildman–Crippen MR) is 73.2 cm³/mol. The molecule has 0 aliphatic heterocycles. The first kappa shape index (κ1) is 11.7. The number of nitrogens with zero attached hydrogens (tertiary/aromatic N) is 2. The molecule has 1 heterocycles. The number of nitrogens with one attached hydrogen (secondary N) is 1. The maximum atomic E-state index is 10.6. The Hall–Kier alpha value is -2.40. The van der Waals surface area contributed by atoms with Crippen LogP contribution in [0.5, 0.6) is 0 Å². The zero-order chi connectivity index (χ0) is 13.4. The van der Waals surface area contributed by atoms with E-state index in [1.165, 1.54) is 12.1 Å². The van der Waals surface area contributed by atoms with Crippen LogP contribution in [0, 0.1) is 10.1 Å². The quantitative estimate of drug-likeness (QED) is 0.570. The van der Waals surface area contributed by atoms with Gasteiger partial charge in [0.25, 0.3) is 5.69 Å². The Bertz CT molecular complexity index is 765. The number of nitro benzene ring substituents is 1. The van der Waals surface area contributed by atoms with Gasteiger partial charge in [-0.05, 0) is 30.3 Å². The molecule has 0 saturated carbocycles. The van der Waals surface area contributed by atoms with Gasteiger partial charge in [-0.3, -0.25) is 15.2 Å². The van der Waals surface area contributed by atoms with Crippen molar-refractivity contribution in [3.63, 3.8) is 0 Å². The molecule has 19 heavy (non-hydrogen) atoms. The molecule has 1 aromatic heterocycles. The lowest BCUT2D eigenvalue weighted by Crippen LogP contribution is -1.87. The third kappa shape index (κ3) is 2.04. The Kier molecular flexibility index (Phi) is 2.68. The fourth-order valence-corrected chi connectivity index (χ4v) is 2.12. The molecule has 0 spiro atoms. The van der Waals surface area contributed by atoms with Gasteiger partial charge in [0.2, 0.25) is 0 Å². The van der Waals surface area contributed by atoms with Crippen molar-refractivity contribution in [3.05, 3.63) is 57.6 Å². The van der Waals surface area contributed by atoms with Crippen LogP contribution in [0.1, 0.15) is 0 Å². The van der Waals surface area contributed by atoms with Gasteiger partial charge in [0.1, 0.15) is 0 Å². The molecule has 0 fully saturated rings. The molecule has 3 rings (SSSR count). The van der Waals surface area contributed by atoms with Crippen LogP contribution in [0.15, 0.2) is 42.5 Å². The fourth-order valence-electron chi connectivity index (χ4n) is 1.95. The van der Waals surface area contributed by atoms with Crippen molar-refractivity contribution < 1.29 is 4.92 Å².